The van der Waals surface area contributed by atoms with Crippen LogP contribution in [0.25, 0.3) is 21.8 Å². The SMILES string of the molecule is CC(C)(C)OC(=O)N[C@@H](Cc1cccc2ccccc12)C(=O)NCc1cnc2[nH]ccc2c1. The van der Waals surface area contributed by atoms with E-state index in [0.29, 0.717) is 13.0 Å². The molecule has 0 saturated heterocycles. The Hall–Kier alpha value is -3.87. The number of nitrogens with one attached hydrogen (secondary N) is 3. The molecule has 2 heterocycles. The van der Waals surface area contributed by atoms with Gasteiger partial charge in [0.15, 0.2) is 0 Å². The zero-order chi connectivity index (χ0) is 23.4. The van der Waals surface area contributed by atoms with Gasteiger partial charge < -0.3 is 20.4 Å². The molecule has 1 atom stereocenters. The number of hydrogen-bond acceptors (Lipinski definition) is 4. The van der Waals surface area contributed by atoms with Gasteiger partial charge in [0, 0.05) is 30.7 Å². The second kappa shape index (κ2) is 9.32. The Morgan fingerprint density at radius 1 is 1.06 bits per heavy atom. The van der Waals surface area contributed by atoms with E-state index in [1.807, 2.05) is 60.8 Å². The van der Waals surface area contributed by atoms with Crippen molar-refractivity contribution in [2.24, 2.45) is 0 Å². The Kier molecular flexibility index (Phi) is 6.31. The fourth-order valence-electron chi connectivity index (χ4n) is 3.74. The van der Waals surface area contributed by atoms with E-state index in [1.54, 1.807) is 27.0 Å². The number of pyridine rings is 1. The van der Waals surface area contributed by atoms with E-state index in [9.17, 15) is 9.59 Å². The minimum Gasteiger partial charge on any atom is -0.444 e. The number of aromatic amines is 1. The first-order valence-electron chi connectivity index (χ1n) is 10.9. The van der Waals surface area contributed by atoms with Crippen LogP contribution in [0, 0.1) is 0 Å². The predicted molar refractivity (Wildman–Crippen MR) is 129 cm³/mol. The number of amides is 2. The van der Waals surface area contributed by atoms with Crippen LogP contribution < -0.4 is 10.6 Å². The summed E-state index contributed by atoms with van der Waals surface area (Å²) in [6, 6.07) is 17.1. The lowest BCUT2D eigenvalue weighted by molar-refractivity contribution is -0.123. The molecule has 0 aliphatic heterocycles. The summed E-state index contributed by atoms with van der Waals surface area (Å²) in [6.45, 7) is 5.67. The second-order valence-corrected chi connectivity index (χ2v) is 9.02. The van der Waals surface area contributed by atoms with Crippen LogP contribution in [0.1, 0.15) is 31.9 Å². The second-order valence-electron chi connectivity index (χ2n) is 9.02. The summed E-state index contributed by atoms with van der Waals surface area (Å²) in [7, 11) is 0. The Balaban J connectivity index is 1.52. The normalized spacial score (nSPS) is 12.5. The van der Waals surface area contributed by atoms with Crippen molar-refractivity contribution in [3.8, 4) is 0 Å². The van der Waals surface area contributed by atoms with Gasteiger partial charge in [-0.2, -0.15) is 0 Å². The van der Waals surface area contributed by atoms with Gasteiger partial charge in [0.1, 0.15) is 17.3 Å². The Morgan fingerprint density at radius 2 is 1.85 bits per heavy atom. The first kappa shape index (κ1) is 22.3. The van der Waals surface area contributed by atoms with Crippen molar-refractivity contribution in [2.75, 3.05) is 0 Å². The van der Waals surface area contributed by atoms with E-state index in [-0.39, 0.29) is 5.91 Å². The van der Waals surface area contributed by atoms with Gasteiger partial charge in [-0.05, 0) is 54.8 Å². The van der Waals surface area contributed by atoms with Crippen LogP contribution in [0.15, 0.2) is 67.0 Å². The molecule has 0 aliphatic rings. The molecule has 7 nitrogen and oxygen atoms in total. The highest BCUT2D eigenvalue weighted by Crippen LogP contribution is 2.20. The van der Waals surface area contributed by atoms with Gasteiger partial charge in [-0.1, -0.05) is 42.5 Å². The lowest BCUT2D eigenvalue weighted by atomic mass is 9.98. The molecule has 0 unspecified atom stereocenters. The van der Waals surface area contributed by atoms with Gasteiger partial charge >= 0.3 is 6.09 Å². The number of rotatable bonds is 6. The molecule has 170 valence electrons. The number of aromatic nitrogens is 2. The topological polar surface area (TPSA) is 96.1 Å². The highest BCUT2D eigenvalue weighted by atomic mass is 16.6. The van der Waals surface area contributed by atoms with Crippen LogP contribution in [-0.4, -0.2) is 33.6 Å². The third-order valence-electron chi connectivity index (χ3n) is 5.23. The quantitative estimate of drug-likeness (QED) is 0.409. The first-order valence-corrected chi connectivity index (χ1v) is 10.9. The number of hydrogen-bond donors (Lipinski definition) is 3. The standard InChI is InChI=1S/C26H28N4O3/c1-26(2,3)33-25(32)30-22(14-19-9-6-8-18-7-4-5-10-21(18)19)24(31)29-16-17-13-20-11-12-27-23(20)28-15-17/h4-13,15,22H,14,16H2,1-3H3,(H,27,28)(H,29,31)(H,30,32)/t22-/m0/s1. The van der Waals surface area contributed by atoms with E-state index in [0.717, 1.165) is 32.9 Å². The molecule has 0 radical (unpaired) electrons. The molecule has 2 aromatic heterocycles. The van der Waals surface area contributed by atoms with E-state index in [4.69, 9.17) is 4.74 Å². The van der Waals surface area contributed by atoms with Gasteiger partial charge in [-0.25, -0.2) is 9.78 Å². The first-order chi connectivity index (χ1) is 15.8. The van der Waals surface area contributed by atoms with Gasteiger partial charge in [0.25, 0.3) is 0 Å². The molecule has 2 amide bonds. The molecule has 4 rings (SSSR count). The third-order valence-corrected chi connectivity index (χ3v) is 5.23. The summed E-state index contributed by atoms with van der Waals surface area (Å²) in [5.41, 5.74) is 1.98. The maximum Gasteiger partial charge on any atom is 0.408 e. The van der Waals surface area contributed by atoms with E-state index < -0.39 is 17.7 Å². The van der Waals surface area contributed by atoms with Crippen molar-refractivity contribution in [3.63, 3.8) is 0 Å². The summed E-state index contributed by atoms with van der Waals surface area (Å²) >= 11 is 0. The molecule has 4 aromatic rings. The van der Waals surface area contributed by atoms with Gasteiger partial charge in [-0.3, -0.25) is 4.79 Å². The number of fused-ring (bicyclic) bond motifs is 2. The third kappa shape index (κ3) is 5.68. The van der Waals surface area contributed by atoms with Crippen molar-refractivity contribution in [2.45, 2.75) is 45.4 Å². The molecule has 0 bridgehead atoms. The van der Waals surface area contributed by atoms with Crippen molar-refractivity contribution >= 4 is 33.8 Å². The minimum absolute atomic E-state index is 0.289. The van der Waals surface area contributed by atoms with Crippen LogP contribution in [0.5, 0.6) is 0 Å². The van der Waals surface area contributed by atoms with Gasteiger partial charge in [0.2, 0.25) is 5.91 Å². The Morgan fingerprint density at radius 3 is 2.67 bits per heavy atom. The van der Waals surface area contributed by atoms with Crippen molar-refractivity contribution in [3.05, 3.63) is 78.1 Å². The van der Waals surface area contributed by atoms with Crippen LogP contribution in [0.2, 0.25) is 0 Å². The fourth-order valence-corrected chi connectivity index (χ4v) is 3.74. The molecule has 33 heavy (non-hydrogen) atoms. The fraction of sp³-hybridized carbons (Fsp3) is 0.269. The Labute approximate surface area is 192 Å². The number of nitrogens with zero attached hydrogens (tertiary/aromatic N) is 1. The summed E-state index contributed by atoms with van der Waals surface area (Å²) in [5.74, 6) is -0.289. The predicted octanol–water partition coefficient (Wildman–Crippen LogP) is 4.47. The highest BCUT2D eigenvalue weighted by Gasteiger charge is 2.25. The molecule has 0 aliphatic carbocycles. The highest BCUT2D eigenvalue weighted by molar-refractivity contribution is 5.89. The van der Waals surface area contributed by atoms with Crippen LogP contribution in [0.4, 0.5) is 4.79 Å². The van der Waals surface area contributed by atoms with E-state index in [2.05, 4.69) is 20.6 Å². The number of carbonyl (C=O) groups is 2. The maximum absolute atomic E-state index is 13.2. The molecule has 0 spiro atoms. The van der Waals surface area contributed by atoms with E-state index >= 15 is 0 Å². The Bertz CT molecular complexity index is 1280. The number of carbonyl (C=O) groups excluding carboxylic acids is 2. The minimum atomic E-state index is -0.797. The van der Waals surface area contributed by atoms with Crippen molar-refractivity contribution in [1.29, 1.82) is 0 Å². The maximum atomic E-state index is 13.2. The number of ether oxygens (including phenoxy) is 1. The smallest absolute Gasteiger partial charge is 0.408 e. The zero-order valence-electron chi connectivity index (χ0n) is 19.0. The lowest BCUT2D eigenvalue weighted by Crippen LogP contribution is -2.49. The monoisotopic (exact) mass is 444 g/mol. The number of benzene rings is 2. The van der Waals surface area contributed by atoms with Crippen LogP contribution >= 0.6 is 0 Å². The van der Waals surface area contributed by atoms with Gasteiger partial charge in [0.05, 0.1) is 0 Å². The summed E-state index contributed by atoms with van der Waals surface area (Å²) in [5, 5.41) is 8.79. The average molecular weight is 445 g/mol. The molecular formula is C26H28N4O3. The van der Waals surface area contributed by atoms with Crippen LogP contribution in [0.3, 0.4) is 0 Å². The van der Waals surface area contributed by atoms with E-state index in [1.165, 1.54) is 0 Å². The molecule has 2 aromatic carbocycles. The summed E-state index contributed by atoms with van der Waals surface area (Å²) in [6.07, 6.45) is 3.26. The lowest BCUT2D eigenvalue weighted by Gasteiger charge is -2.24. The van der Waals surface area contributed by atoms with Crippen molar-refractivity contribution < 1.29 is 14.3 Å². The van der Waals surface area contributed by atoms with Crippen molar-refractivity contribution in [1.82, 2.24) is 20.6 Å². The average Bonchev–Trinajstić information content (AvgIpc) is 3.24. The zero-order valence-corrected chi connectivity index (χ0v) is 19.0. The molecular weight excluding hydrogens is 416 g/mol. The van der Waals surface area contributed by atoms with Crippen LogP contribution in [-0.2, 0) is 22.5 Å². The number of alkyl carbamates (subject to hydrolysis) is 1. The number of H-pyrrole nitrogens is 1. The summed E-state index contributed by atoms with van der Waals surface area (Å²) < 4.78 is 5.40. The van der Waals surface area contributed by atoms with Gasteiger partial charge in [-0.15, -0.1) is 0 Å². The largest absolute Gasteiger partial charge is 0.444 e. The molecule has 0 fully saturated rings. The molecule has 3 N–H and O–H groups in total. The molecule has 7 heteroatoms. The molecule has 0 saturated carbocycles. The summed E-state index contributed by atoms with van der Waals surface area (Å²) in [4.78, 5) is 33.1.